The molecule has 0 unspecified atom stereocenters. The van der Waals surface area contributed by atoms with Crippen molar-refractivity contribution in [1.82, 2.24) is 30.0 Å². The molecule has 0 N–H and O–H groups in total. The number of hydrogen-bond donors (Lipinski definition) is 1. The predicted molar refractivity (Wildman–Crippen MR) is 107 cm³/mol. The van der Waals surface area contributed by atoms with Gasteiger partial charge in [-0.3, -0.25) is 0 Å². The highest BCUT2D eigenvalue weighted by Crippen LogP contribution is 2.28. The molecule has 28 heavy (non-hydrogen) atoms. The van der Waals surface area contributed by atoms with E-state index in [0.29, 0.717) is 23.0 Å². The first-order chi connectivity index (χ1) is 13.7. The van der Waals surface area contributed by atoms with E-state index < -0.39 is 0 Å². The molecule has 0 spiro atoms. The molecule has 0 radical (unpaired) electrons. The summed E-state index contributed by atoms with van der Waals surface area (Å²) in [6, 6.07) is 17.6. The van der Waals surface area contributed by atoms with Crippen molar-refractivity contribution < 1.29 is 0 Å². The Morgan fingerprint density at radius 1 is 1.11 bits per heavy atom. The number of tetrazole rings is 1. The van der Waals surface area contributed by atoms with Crippen LogP contribution in [0.1, 0.15) is 23.6 Å². The Balaban J connectivity index is 1.69. The normalized spacial score (nSPS) is 10.8. The van der Waals surface area contributed by atoms with Crippen LogP contribution in [0.5, 0.6) is 0 Å². The minimum absolute atomic E-state index is 0.484. The first-order valence-electron chi connectivity index (χ1n) is 8.82. The molecule has 0 aliphatic carbocycles. The molecular weight excluding hydrogens is 370 g/mol. The minimum Gasteiger partial charge on any atom is -0.226 e. The number of aromatic nitrogens is 6. The second kappa shape index (κ2) is 7.66. The number of aryl methyl sites for hydroxylation is 1. The minimum atomic E-state index is 0.484. The van der Waals surface area contributed by atoms with E-state index in [2.05, 4.69) is 39.7 Å². The SMILES string of the molecule is CCc1ccccc1-n1ncc(-c2nnnn2Cc2ccc(C#N)cc2)c1S. The van der Waals surface area contributed by atoms with Crippen LogP contribution in [0.3, 0.4) is 0 Å². The van der Waals surface area contributed by atoms with E-state index >= 15 is 0 Å². The van der Waals surface area contributed by atoms with Crippen LogP contribution in [-0.4, -0.2) is 30.0 Å². The third-order valence-corrected chi connectivity index (χ3v) is 4.96. The number of para-hydroxylation sites is 1. The summed E-state index contributed by atoms with van der Waals surface area (Å²) in [4.78, 5) is 0. The van der Waals surface area contributed by atoms with Gasteiger partial charge in [-0.2, -0.15) is 10.4 Å². The Labute approximate surface area is 167 Å². The molecule has 0 saturated carbocycles. The third kappa shape index (κ3) is 3.28. The maximum Gasteiger partial charge on any atom is 0.186 e. The maximum absolute atomic E-state index is 8.94. The molecule has 2 aromatic heterocycles. The van der Waals surface area contributed by atoms with Crippen LogP contribution < -0.4 is 0 Å². The molecule has 0 saturated heterocycles. The quantitative estimate of drug-likeness (QED) is 0.531. The first kappa shape index (κ1) is 17.9. The Morgan fingerprint density at radius 3 is 2.64 bits per heavy atom. The fraction of sp³-hybridized carbons (Fsp3) is 0.150. The van der Waals surface area contributed by atoms with Crippen molar-refractivity contribution in [1.29, 1.82) is 5.26 Å². The molecule has 4 aromatic rings. The first-order valence-corrected chi connectivity index (χ1v) is 9.26. The molecular formula is C20H17N7S. The third-order valence-electron chi connectivity index (χ3n) is 4.53. The topological polar surface area (TPSA) is 85.2 Å². The molecule has 8 heteroatoms. The van der Waals surface area contributed by atoms with Crippen LogP contribution in [0.2, 0.25) is 0 Å². The number of hydrogen-bond acceptors (Lipinski definition) is 6. The summed E-state index contributed by atoms with van der Waals surface area (Å²) in [5, 5.41) is 26.2. The Bertz CT molecular complexity index is 1150. The van der Waals surface area contributed by atoms with E-state index in [1.54, 1.807) is 27.7 Å². The van der Waals surface area contributed by atoms with E-state index in [-0.39, 0.29) is 0 Å². The van der Waals surface area contributed by atoms with Crippen molar-refractivity contribution in [2.75, 3.05) is 0 Å². The van der Waals surface area contributed by atoms with Crippen LogP contribution in [0.25, 0.3) is 17.1 Å². The van der Waals surface area contributed by atoms with Crippen molar-refractivity contribution >= 4 is 12.6 Å². The van der Waals surface area contributed by atoms with Gasteiger partial charge in [0.1, 0.15) is 5.03 Å². The van der Waals surface area contributed by atoms with Crippen LogP contribution >= 0.6 is 12.6 Å². The van der Waals surface area contributed by atoms with E-state index in [1.165, 1.54) is 5.56 Å². The summed E-state index contributed by atoms with van der Waals surface area (Å²) < 4.78 is 3.51. The van der Waals surface area contributed by atoms with Gasteiger partial charge in [0.05, 0.1) is 35.6 Å². The summed E-state index contributed by atoms with van der Waals surface area (Å²) in [5.41, 5.74) is 4.55. The molecule has 0 amide bonds. The van der Waals surface area contributed by atoms with Gasteiger partial charge < -0.3 is 0 Å². The lowest BCUT2D eigenvalue weighted by atomic mass is 10.1. The standard InChI is InChI=1S/C20H17N7S/c1-2-16-5-3-4-6-18(16)27-20(28)17(12-22-27)19-23-24-25-26(19)13-15-9-7-14(11-21)8-10-15/h3-10,12,28H,2,13H2,1H3. The highest BCUT2D eigenvalue weighted by molar-refractivity contribution is 7.80. The lowest BCUT2D eigenvalue weighted by Crippen LogP contribution is -2.05. The maximum atomic E-state index is 8.94. The van der Waals surface area contributed by atoms with Crippen molar-refractivity contribution in [3.8, 4) is 23.1 Å². The monoisotopic (exact) mass is 387 g/mol. The van der Waals surface area contributed by atoms with Gasteiger partial charge in [0.25, 0.3) is 0 Å². The smallest absolute Gasteiger partial charge is 0.186 e. The average Bonchev–Trinajstić information content (AvgIpc) is 3.34. The number of nitrogens with zero attached hydrogens (tertiary/aromatic N) is 7. The van der Waals surface area contributed by atoms with Gasteiger partial charge in [0.2, 0.25) is 0 Å². The largest absolute Gasteiger partial charge is 0.226 e. The molecule has 0 aliphatic rings. The zero-order valence-corrected chi connectivity index (χ0v) is 16.1. The van der Waals surface area contributed by atoms with E-state index in [4.69, 9.17) is 17.9 Å². The Kier molecular flexibility index (Phi) is 4.91. The van der Waals surface area contributed by atoms with Crippen molar-refractivity contribution in [2.45, 2.75) is 24.9 Å². The van der Waals surface area contributed by atoms with Gasteiger partial charge in [-0.25, -0.2) is 9.36 Å². The van der Waals surface area contributed by atoms with Gasteiger partial charge in [0, 0.05) is 0 Å². The van der Waals surface area contributed by atoms with E-state index in [9.17, 15) is 0 Å². The summed E-state index contributed by atoms with van der Waals surface area (Å²) in [6.07, 6.45) is 2.63. The van der Waals surface area contributed by atoms with Gasteiger partial charge in [-0.15, -0.1) is 17.7 Å². The Morgan fingerprint density at radius 2 is 1.89 bits per heavy atom. The van der Waals surface area contributed by atoms with Crippen LogP contribution in [0.4, 0.5) is 0 Å². The van der Waals surface area contributed by atoms with Crippen molar-refractivity contribution in [2.24, 2.45) is 0 Å². The van der Waals surface area contributed by atoms with Gasteiger partial charge in [-0.1, -0.05) is 37.3 Å². The van der Waals surface area contributed by atoms with E-state index in [1.807, 2.05) is 30.3 Å². The zero-order valence-electron chi connectivity index (χ0n) is 15.2. The van der Waals surface area contributed by atoms with Crippen LogP contribution in [0.15, 0.2) is 59.8 Å². The molecule has 2 aromatic carbocycles. The molecule has 0 atom stereocenters. The fourth-order valence-electron chi connectivity index (χ4n) is 3.05. The summed E-state index contributed by atoms with van der Waals surface area (Å²) >= 11 is 4.70. The highest BCUT2D eigenvalue weighted by atomic mass is 32.1. The van der Waals surface area contributed by atoms with Gasteiger partial charge in [0.15, 0.2) is 5.82 Å². The lowest BCUT2D eigenvalue weighted by Gasteiger charge is -2.09. The second-order valence-electron chi connectivity index (χ2n) is 6.24. The van der Waals surface area contributed by atoms with Gasteiger partial charge >= 0.3 is 0 Å². The lowest BCUT2D eigenvalue weighted by molar-refractivity contribution is 0.652. The number of nitriles is 1. The molecule has 138 valence electrons. The fourth-order valence-corrected chi connectivity index (χ4v) is 3.37. The van der Waals surface area contributed by atoms with Crippen LogP contribution in [-0.2, 0) is 13.0 Å². The molecule has 2 heterocycles. The van der Waals surface area contributed by atoms with Gasteiger partial charge in [-0.05, 0) is 46.2 Å². The number of benzene rings is 2. The molecule has 0 bridgehead atoms. The summed E-state index contributed by atoms with van der Waals surface area (Å²) in [7, 11) is 0. The molecule has 0 fully saturated rings. The Hall–Kier alpha value is -3.44. The molecule has 4 rings (SSSR count). The number of thiol groups is 1. The second-order valence-corrected chi connectivity index (χ2v) is 6.67. The highest BCUT2D eigenvalue weighted by Gasteiger charge is 2.18. The summed E-state index contributed by atoms with van der Waals surface area (Å²) in [5.74, 6) is 0.592. The van der Waals surface area contributed by atoms with Crippen LogP contribution in [0, 0.1) is 11.3 Å². The zero-order chi connectivity index (χ0) is 19.5. The predicted octanol–water partition coefficient (Wildman–Crippen LogP) is 3.30. The van der Waals surface area contributed by atoms with Crippen molar-refractivity contribution in [3.63, 3.8) is 0 Å². The average molecular weight is 387 g/mol. The van der Waals surface area contributed by atoms with Crippen molar-refractivity contribution in [3.05, 3.63) is 71.4 Å². The molecule has 0 aliphatic heterocycles. The molecule has 7 nitrogen and oxygen atoms in total. The summed E-state index contributed by atoms with van der Waals surface area (Å²) in [6.45, 7) is 2.59. The van der Waals surface area contributed by atoms with E-state index in [0.717, 1.165) is 23.2 Å². The number of rotatable bonds is 5.